The van der Waals surface area contributed by atoms with Crippen LogP contribution >= 0.6 is 0 Å². The second-order valence-electron chi connectivity index (χ2n) is 17.1. The molecule has 0 N–H and O–H groups in total. The molecule has 6 rings (SSSR count). The fraction of sp³-hybridized carbons (Fsp3) is 0.372. The summed E-state index contributed by atoms with van der Waals surface area (Å²) in [5.74, 6) is 0.612. The minimum atomic E-state index is -0.0934. The molecule has 0 saturated carbocycles. The van der Waals surface area contributed by atoms with Crippen molar-refractivity contribution in [1.82, 2.24) is 19.9 Å². The average Bonchev–Trinajstić information content (AvgIpc) is 3.37. The maximum absolute atomic E-state index is 5.28. The van der Waals surface area contributed by atoms with Crippen molar-refractivity contribution < 1.29 is 22.4 Å². The van der Waals surface area contributed by atoms with E-state index in [4.69, 9.17) is 4.98 Å². The molecule has 0 fully saturated rings. The van der Waals surface area contributed by atoms with Gasteiger partial charge in [0.25, 0.3) is 0 Å². The Labute approximate surface area is 302 Å². The molecule has 0 spiro atoms. The second-order valence-corrected chi connectivity index (χ2v) is 17.1. The number of aromatic nitrogens is 4. The first-order valence-electron chi connectivity index (χ1n) is 16.6. The summed E-state index contributed by atoms with van der Waals surface area (Å²) in [5, 5.41) is 2.41. The topological polar surface area (TPSA) is 52.8 Å². The van der Waals surface area contributed by atoms with Gasteiger partial charge in [-0.15, -0.1) is 34.3 Å². The Bertz CT molecular complexity index is 2110. The number of nitrogens with zero attached hydrogens (tertiary/aromatic N) is 4. The third-order valence-corrected chi connectivity index (χ3v) is 9.15. The van der Waals surface area contributed by atoms with Crippen LogP contribution in [0, 0.1) is 12.1 Å². The molecule has 0 aliphatic rings. The van der Waals surface area contributed by atoms with Gasteiger partial charge in [0.2, 0.25) is 0 Å². The fourth-order valence-electron chi connectivity index (χ4n) is 5.97. The van der Waals surface area contributed by atoms with Gasteiger partial charge in [-0.3, -0.25) is 9.97 Å². The second kappa shape index (κ2) is 12.4. The minimum absolute atomic E-state index is 0. The van der Waals surface area contributed by atoms with Gasteiger partial charge < -0.3 is 4.98 Å². The van der Waals surface area contributed by atoms with Gasteiger partial charge in [-0.1, -0.05) is 125 Å². The summed E-state index contributed by atoms with van der Waals surface area (Å²) >= 11 is 0. The van der Waals surface area contributed by atoms with E-state index in [9.17, 15) is 0 Å². The van der Waals surface area contributed by atoms with Crippen molar-refractivity contribution in [1.29, 1.82) is 0 Å². The first kappa shape index (κ1) is 35.7. The first-order chi connectivity index (χ1) is 21.8. The number of benzene rings is 4. The summed E-state index contributed by atoms with van der Waals surface area (Å²) < 4.78 is 0. The van der Waals surface area contributed by atoms with Gasteiger partial charge in [-0.2, -0.15) is 40.9 Å². The monoisotopic (exact) mass is 816 g/mol. The predicted octanol–water partition coefficient (Wildman–Crippen LogP) is 10.9. The average molecular weight is 817 g/mol. The summed E-state index contributed by atoms with van der Waals surface area (Å²) in [5.41, 5.74) is 11.8. The summed E-state index contributed by atoms with van der Waals surface area (Å²) in [7, 11) is 0. The molecular formula is C43H47AuN4. The molecule has 2 aromatic heterocycles. The van der Waals surface area contributed by atoms with Crippen LogP contribution in [0.5, 0.6) is 0 Å². The Kier molecular flexibility index (Phi) is 9.22. The first-order valence-corrected chi connectivity index (χ1v) is 16.6. The molecule has 0 radical (unpaired) electrons. The fourth-order valence-corrected chi connectivity index (χ4v) is 5.97. The van der Waals surface area contributed by atoms with Gasteiger partial charge in [0.1, 0.15) is 12.7 Å². The maximum Gasteiger partial charge on any atom is 3.00 e. The quantitative estimate of drug-likeness (QED) is 0.132. The van der Waals surface area contributed by atoms with Crippen molar-refractivity contribution in [2.45, 2.75) is 105 Å². The van der Waals surface area contributed by atoms with Crippen LogP contribution in [-0.4, -0.2) is 15.0 Å². The maximum atomic E-state index is 5.28. The van der Waals surface area contributed by atoms with Crippen LogP contribution in [-0.2, 0) is 44.0 Å². The van der Waals surface area contributed by atoms with Crippen LogP contribution < -0.4 is 4.98 Å². The molecule has 0 aliphatic heterocycles. The number of hydrogen-bond donors (Lipinski definition) is 0. The zero-order valence-corrected chi connectivity index (χ0v) is 32.6. The summed E-state index contributed by atoms with van der Waals surface area (Å²) in [4.78, 5) is 18.3. The Balaban J connectivity index is 0.00000451. The predicted molar refractivity (Wildman–Crippen MR) is 197 cm³/mol. The number of rotatable bonds is 3. The third-order valence-electron chi connectivity index (χ3n) is 9.15. The molecule has 48 heavy (non-hydrogen) atoms. The third kappa shape index (κ3) is 7.08. The Morgan fingerprint density at radius 2 is 0.958 bits per heavy atom. The van der Waals surface area contributed by atoms with Crippen LogP contribution in [0.25, 0.3) is 55.4 Å². The van der Waals surface area contributed by atoms with Gasteiger partial charge in [0.05, 0.1) is 5.82 Å². The molecule has 4 aromatic carbocycles. The summed E-state index contributed by atoms with van der Waals surface area (Å²) in [6.45, 7) is 27.2. The van der Waals surface area contributed by atoms with Crippen molar-refractivity contribution in [3.8, 4) is 33.6 Å². The van der Waals surface area contributed by atoms with E-state index in [1.54, 1.807) is 12.7 Å². The van der Waals surface area contributed by atoms with Crippen molar-refractivity contribution >= 4 is 21.8 Å². The van der Waals surface area contributed by atoms with Gasteiger partial charge >= 0.3 is 22.4 Å². The molecule has 0 saturated heterocycles. The minimum Gasteiger partial charge on any atom is -0.663 e. The van der Waals surface area contributed by atoms with E-state index in [1.807, 2.05) is 0 Å². The van der Waals surface area contributed by atoms with Crippen LogP contribution in [0.15, 0.2) is 67.3 Å². The molecule has 2 heterocycles. The largest absolute Gasteiger partial charge is 3.00 e. The summed E-state index contributed by atoms with van der Waals surface area (Å²) in [6.07, 6.45) is 3.08. The Hall–Kier alpha value is -3.57. The van der Waals surface area contributed by atoms with Crippen molar-refractivity contribution in [2.75, 3.05) is 0 Å². The smallest absolute Gasteiger partial charge is 0.663 e. The van der Waals surface area contributed by atoms with Gasteiger partial charge in [-0.05, 0) is 43.6 Å². The van der Waals surface area contributed by atoms with E-state index >= 15 is 0 Å². The van der Waals surface area contributed by atoms with Gasteiger partial charge in [0.15, 0.2) is 0 Å². The number of hydrogen-bond acceptors (Lipinski definition) is 3. The SMILES string of the molecule is CC(C)(C)c1cc(-c2[c-]c(-c3cc(C(C)(C)C)cc4c3[n-]c3ccc(C(C)(C)C)cc34)cc(C(C)(C)C)c2)[c-]c(-c2ncncn2)c1.[Au+3]. The van der Waals surface area contributed by atoms with Crippen LogP contribution in [0.2, 0.25) is 0 Å². The summed E-state index contributed by atoms with van der Waals surface area (Å²) in [6, 6.07) is 28.0. The number of fused-ring (bicyclic) bond motifs is 3. The van der Waals surface area contributed by atoms with Crippen LogP contribution in [0.1, 0.15) is 105 Å². The molecule has 6 aromatic rings. The van der Waals surface area contributed by atoms with Gasteiger partial charge in [-0.25, -0.2) is 4.98 Å². The molecule has 0 atom stereocenters. The van der Waals surface area contributed by atoms with E-state index in [-0.39, 0.29) is 44.0 Å². The molecule has 0 bridgehead atoms. The van der Waals surface area contributed by atoms with Crippen molar-refractivity contribution in [3.05, 3.63) is 102 Å². The molecule has 5 heteroatoms. The molecule has 0 unspecified atom stereocenters. The van der Waals surface area contributed by atoms with Crippen LogP contribution in [0.3, 0.4) is 0 Å². The van der Waals surface area contributed by atoms with Gasteiger partial charge in [0, 0.05) is 0 Å². The van der Waals surface area contributed by atoms with E-state index in [2.05, 4.69) is 165 Å². The molecule has 250 valence electrons. The molecule has 0 aliphatic carbocycles. The zero-order chi connectivity index (χ0) is 34.1. The van der Waals surface area contributed by atoms with E-state index in [1.165, 1.54) is 33.0 Å². The van der Waals surface area contributed by atoms with E-state index in [0.29, 0.717) is 5.82 Å². The van der Waals surface area contributed by atoms with Crippen molar-refractivity contribution in [2.24, 2.45) is 0 Å². The van der Waals surface area contributed by atoms with E-state index in [0.717, 1.165) is 38.9 Å². The molecular weight excluding hydrogens is 769 g/mol. The molecule has 0 amide bonds. The zero-order valence-electron chi connectivity index (χ0n) is 30.4. The standard InChI is InChI=1S/C43H47N4.Au/c1-40(2,3)30-13-14-37-35(21-30)36-23-33(43(10,11)12)22-34(38(36)47-37)28-15-26(17-31(19-28)41(4,5)6)27-16-29(39-45-24-44-25-46-39)20-32(18-27)42(7,8)9;/h13-14,17-25H,1-12H3;/q-3;+3. The Morgan fingerprint density at radius 3 is 1.50 bits per heavy atom. The van der Waals surface area contributed by atoms with Crippen molar-refractivity contribution in [3.63, 3.8) is 0 Å². The Morgan fingerprint density at radius 1 is 0.500 bits per heavy atom. The van der Waals surface area contributed by atoms with Crippen LogP contribution in [0.4, 0.5) is 0 Å². The molecule has 4 nitrogen and oxygen atoms in total. The van der Waals surface area contributed by atoms with E-state index < -0.39 is 0 Å². The normalized spacial score (nSPS) is 12.8.